The van der Waals surface area contributed by atoms with Gasteiger partial charge in [0.1, 0.15) is 6.61 Å². The van der Waals surface area contributed by atoms with Gasteiger partial charge in [-0.05, 0) is 78.8 Å². The fraction of sp³-hybridized carbons (Fsp3) is 0.318. The van der Waals surface area contributed by atoms with Crippen molar-refractivity contribution in [2.45, 2.75) is 39.1 Å². The van der Waals surface area contributed by atoms with Gasteiger partial charge in [0.05, 0.1) is 12.9 Å². The summed E-state index contributed by atoms with van der Waals surface area (Å²) in [6.07, 6.45) is 0. The highest BCUT2D eigenvalue weighted by Crippen LogP contribution is 2.27. The second-order valence-corrected chi connectivity index (χ2v) is 9.02. The van der Waals surface area contributed by atoms with E-state index in [2.05, 4.69) is 50.2 Å². The van der Waals surface area contributed by atoms with Crippen LogP contribution in [0.25, 0.3) is 0 Å². The van der Waals surface area contributed by atoms with Gasteiger partial charge in [-0.2, -0.15) is 0 Å². The second kappa shape index (κ2) is 10.9. The minimum Gasteiger partial charge on any atom is -0.493 e. The first kappa shape index (κ1) is 23.4. The van der Waals surface area contributed by atoms with E-state index < -0.39 is 0 Å². The standard InChI is InChI=1S/C22H25IN4O3S/c1-5-27-19(12-30-18-9-7-6-8-17(18)29-4)25-26-22(27)31-13-20(28)24-21-14(2)10-16(23)11-15(21)3/h6-11H,5,12-13H2,1-4H3,(H,24,28). The average Bonchev–Trinajstić information content (AvgIpc) is 3.15. The van der Waals surface area contributed by atoms with Crippen LogP contribution in [0.4, 0.5) is 5.69 Å². The van der Waals surface area contributed by atoms with Gasteiger partial charge < -0.3 is 19.4 Å². The van der Waals surface area contributed by atoms with Gasteiger partial charge in [-0.3, -0.25) is 4.79 Å². The molecule has 0 radical (unpaired) electrons. The SMILES string of the molecule is CCn1c(COc2ccccc2OC)nnc1SCC(=O)Nc1c(C)cc(I)cc1C. The summed E-state index contributed by atoms with van der Waals surface area (Å²) < 4.78 is 14.3. The Hall–Kier alpha value is -2.27. The third-order valence-corrected chi connectivity index (χ3v) is 6.22. The van der Waals surface area contributed by atoms with Crippen LogP contribution < -0.4 is 14.8 Å². The van der Waals surface area contributed by atoms with E-state index in [0.717, 1.165) is 20.4 Å². The molecule has 0 saturated heterocycles. The van der Waals surface area contributed by atoms with Crippen LogP contribution in [0.2, 0.25) is 0 Å². The number of amides is 1. The molecule has 31 heavy (non-hydrogen) atoms. The van der Waals surface area contributed by atoms with Gasteiger partial charge in [0.15, 0.2) is 22.5 Å². The molecule has 0 aliphatic carbocycles. The van der Waals surface area contributed by atoms with Crippen LogP contribution in [0.3, 0.4) is 0 Å². The van der Waals surface area contributed by atoms with E-state index in [1.54, 1.807) is 7.11 Å². The number of aromatic nitrogens is 3. The molecule has 0 aliphatic heterocycles. The fourth-order valence-corrected chi connectivity index (χ4v) is 4.90. The topological polar surface area (TPSA) is 78.3 Å². The quantitative estimate of drug-likeness (QED) is 0.303. The van der Waals surface area contributed by atoms with Crippen molar-refractivity contribution in [2.75, 3.05) is 18.2 Å². The lowest BCUT2D eigenvalue weighted by molar-refractivity contribution is -0.113. The van der Waals surface area contributed by atoms with Gasteiger partial charge in [0, 0.05) is 15.8 Å². The van der Waals surface area contributed by atoms with Crippen molar-refractivity contribution < 1.29 is 14.3 Å². The molecule has 0 saturated carbocycles. The van der Waals surface area contributed by atoms with Crippen LogP contribution in [0, 0.1) is 17.4 Å². The zero-order valence-corrected chi connectivity index (χ0v) is 20.9. The van der Waals surface area contributed by atoms with Gasteiger partial charge in [-0.1, -0.05) is 23.9 Å². The summed E-state index contributed by atoms with van der Waals surface area (Å²) in [7, 11) is 1.61. The molecular formula is C22H25IN4O3S. The highest BCUT2D eigenvalue weighted by molar-refractivity contribution is 14.1. The molecule has 0 bridgehead atoms. The van der Waals surface area contributed by atoms with Crippen molar-refractivity contribution in [3.63, 3.8) is 0 Å². The number of nitrogens with one attached hydrogen (secondary N) is 1. The zero-order chi connectivity index (χ0) is 22.4. The summed E-state index contributed by atoms with van der Waals surface area (Å²) >= 11 is 3.64. The van der Waals surface area contributed by atoms with Crippen molar-refractivity contribution in [1.82, 2.24) is 14.8 Å². The first-order valence-corrected chi connectivity index (χ1v) is 11.9. The van der Waals surface area contributed by atoms with Crippen molar-refractivity contribution >= 4 is 45.9 Å². The number of rotatable bonds is 9. The Kier molecular flexibility index (Phi) is 8.19. The van der Waals surface area contributed by atoms with Gasteiger partial charge >= 0.3 is 0 Å². The molecule has 164 valence electrons. The summed E-state index contributed by atoms with van der Waals surface area (Å²) in [4.78, 5) is 12.5. The number of benzene rings is 2. The van der Waals surface area contributed by atoms with Crippen LogP contribution in [0.1, 0.15) is 23.9 Å². The Morgan fingerprint density at radius 1 is 1.16 bits per heavy atom. The average molecular weight is 552 g/mol. The summed E-state index contributed by atoms with van der Waals surface area (Å²) in [6.45, 7) is 6.95. The van der Waals surface area contributed by atoms with Crippen molar-refractivity contribution in [3.05, 3.63) is 56.9 Å². The highest BCUT2D eigenvalue weighted by atomic mass is 127. The minimum atomic E-state index is -0.0742. The summed E-state index contributed by atoms with van der Waals surface area (Å²) in [5.41, 5.74) is 2.97. The van der Waals surface area contributed by atoms with Gasteiger partial charge in [-0.25, -0.2) is 0 Å². The smallest absolute Gasteiger partial charge is 0.234 e. The van der Waals surface area contributed by atoms with Crippen molar-refractivity contribution in [3.8, 4) is 11.5 Å². The van der Waals surface area contributed by atoms with Crippen LogP contribution in [-0.4, -0.2) is 33.5 Å². The van der Waals surface area contributed by atoms with E-state index in [1.165, 1.54) is 11.8 Å². The van der Waals surface area contributed by atoms with Crippen LogP contribution in [0.5, 0.6) is 11.5 Å². The number of carbonyl (C=O) groups is 1. The number of hydrogen-bond acceptors (Lipinski definition) is 6. The molecule has 1 amide bonds. The number of thioether (sulfide) groups is 1. The van der Waals surface area contributed by atoms with E-state index in [4.69, 9.17) is 9.47 Å². The third kappa shape index (κ3) is 5.91. The molecule has 9 heteroatoms. The molecule has 0 aliphatic rings. The number of hydrogen-bond donors (Lipinski definition) is 1. The number of anilines is 1. The predicted molar refractivity (Wildman–Crippen MR) is 131 cm³/mol. The molecule has 2 aromatic carbocycles. The molecule has 0 fully saturated rings. The molecule has 1 heterocycles. The Labute approximate surface area is 200 Å². The molecule has 1 aromatic heterocycles. The maximum absolute atomic E-state index is 12.5. The number of carbonyl (C=O) groups excluding carboxylic acids is 1. The fourth-order valence-electron chi connectivity index (χ4n) is 3.14. The first-order chi connectivity index (χ1) is 14.9. The van der Waals surface area contributed by atoms with E-state index in [-0.39, 0.29) is 18.3 Å². The Morgan fingerprint density at radius 2 is 1.84 bits per heavy atom. The Balaban J connectivity index is 1.62. The number of methoxy groups -OCH3 is 1. The molecule has 0 unspecified atom stereocenters. The van der Waals surface area contributed by atoms with E-state index in [1.807, 2.05) is 49.6 Å². The summed E-state index contributed by atoms with van der Waals surface area (Å²) in [6, 6.07) is 11.6. The number of ether oxygens (including phenoxy) is 2. The van der Waals surface area contributed by atoms with Crippen LogP contribution in [0.15, 0.2) is 41.6 Å². The number of halogens is 1. The highest BCUT2D eigenvalue weighted by Gasteiger charge is 2.15. The lowest BCUT2D eigenvalue weighted by Gasteiger charge is -2.13. The van der Waals surface area contributed by atoms with E-state index in [9.17, 15) is 4.79 Å². The molecule has 0 spiro atoms. The minimum absolute atomic E-state index is 0.0742. The first-order valence-electron chi connectivity index (χ1n) is 9.80. The maximum atomic E-state index is 12.5. The van der Waals surface area contributed by atoms with Crippen molar-refractivity contribution in [1.29, 1.82) is 0 Å². The van der Waals surface area contributed by atoms with E-state index >= 15 is 0 Å². The van der Waals surface area contributed by atoms with Crippen LogP contribution in [-0.2, 0) is 17.9 Å². The summed E-state index contributed by atoms with van der Waals surface area (Å²) in [5.74, 6) is 2.18. The van der Waals surface area contributed by atoms with Gasteiger partial charge in [0.2, 0.25) is 5.91 Å². The monoisotopic (exact) mass is 552 g/mol. The Morgan fingerprint density at radius 3 is 2.48 bits per heavy atom. The molecular weight excluding hydrogens is 527 g/mol. The normalized spacial score (nSPS) is 10.7. The van der Waals surface area contributed by atoms with E-state index in [0.29, 0.717) is 29.0 Å². The Bertz CT molecular complexity index is 1050. The van der Waals surface area contributed by atoms with Crippen molar-refractivity contribution in [2.24, 2.45) is 0 Å². The number of nitrogens with zero attached hydrogens (tertiary/aromatic N) is 3. The van der Waals surface area contributed by atoms with Gasteiger partial charge in [-0.15, -0.1) is 10.2 Å². The van der Waals surface area contributed by atoms with Gasteiger partial charge in [0.25, 0.3) is 0 Å². The molecule has 1 N–H and O–H groups in total. The summed E-state index contributed by atoms with van der Waals surface area (Å²) in [5, 5.41) is 12.2. The second-order valence-electron chi connectivity index (χ2n) is 6.83. The lowest BCUT2D eigenvalue weighted by atomic mass is 10.1. The molecule has 3 rings (SSSR count). The lowest BCUT2D eigenvalue weighted by Crippen LogP contribution is -2.16. The maximum Gasteiger partial charge on any atom is 0.234 e. The zero-order valence-electron chi connectivity index (χ0n) is 17.9. The predicted octanol–water partition coefficient (Wildman–Crippen LogP) is 4.84. The largest absolute Gasteiger partial charge is 0.493 e. The molecule has 7 nitrogen and oxygen atoms in total. The molecule has 0 atom stereocenters. The van der Waals surface area contributed by atoms with Crippen LogP contribution >= 0.6 is 34.4 Å². The third-order valence-electron chi connectivity index (χ3n) is 4.63. The molecule has 3 aromatic rings. The number of aryl methyl sites for hydroxylation is 2. The number of para-hydroxylation sites is 2.